The summed E-state index contributed by atoms with van der Waals surface area (Å²) in [6.07, 6.45) is 1.34. The third kappa shape index (κ3) is 3.43. The molecule has 0 aromatic heterocycles. The van der Waals surface area contributed by atoms with Crippen LogP contribution in [0, 0.1) is 23.1 Å². The maximum absolute atomic E-state index is 14.7. The molecule has 0 spiro atoms. The maximum Gasteiger partial charge on any atom is 0.277 e. The number of benzene rings is 2. The Balaban J connectivity index is 1.78. The normalized spacial score (nSPS) is 26.7. The smallest absolute Gasteiger partial charge is 0.277 e. The average Bonchev–Trinajstić information content (AvgIpc) is 2.89. The molecule has 5 nitrogen and oxygen atoms in total. The first-order valence-corrected chi connectivity index (χ1v) is 9.92. The molecule has 0 aliphatic carbocycles. The zero-order chi connectivity index (χ0) is 22.6. The molecule has 1 fully saturated rings. The molecule has 4 rings (SSSR count). The third-order valence-electron chi connectivity index (χ3n) is 5.79. The van der Waals surface area contributed by atoms with Crippen molar-refractivity contribution < 1.29 is 13.2 Å². The lowest BCUT2D eigenvalue weighted by Gasteiger charge is -2.32. The second-order valence-electron chi connectivity index (χ2n) is 8.21. The Morgan fingerprint density at radius 2 is 1.97 bits per heavy atom. The lowest BCUT2D eigenvalue weighted by atomic mass is 9.86. The number of nitrogens with zero attached hydrogens (tertiary/aromatic N) is 2. The fourth-order valence-corrected chi connectivity index (χ4v) is 4.18. The number of nitrogens with two attached hydrogens (primary N) is 2. The van der Waals surface area contributed by atoms with Crippen molar-refractivity contribution in [2.45, 2.75) is 18.5 Å². The molecule has 2 aromatic rings. The average molecular weight is 448 g/mol. The Hall–Kier alpha value is -2.73. The van der Waals surface area contributed by atoms with Crippen LogP contribution in [0.2, 0.25) is 5.02 Å². The number of fused-ring (bicyclic) bond motifs is 1. The summed E-state index contributed by atoms with van der Waals surface area (Å²) < 4.78 is 43.5. The molecule has 2 unspecified atom stereocenters. The van der Waals surface area contributed by atoms with Gasteiger partial charge in [0.15, 0.2) is 5.66 Å². The number of rotatable bonds is 1. The van der Waals surface area contributed by atoms with E-state index in [0.717, 1.165) is 0 Å². The Kier molecular flexibility index (Phi) is 4.97. The van der Waals surface area contributed by atoms with Crippen molar-refractivity contribution in [3.8, 4) is 11.8 Å². The topological polar surface area (TPSA) is 79.7 Å². The lowest BCUT2D eigenvalue weighted by molar-refractivity contribution is -0.0483. The van der Waals surface area contributed by atoms with Crippen LogP contribution in [0.4, 0.5) is 24.5 Å². The molecule has 2 aromatic carbocycles. The summed E-state index contributed by atoms with van der Waals surface area (Å²) in [6, 6.07) is 7.63. The van der Waals surface area contributed by atoms with Gasteiger partial charge in [-0.1, -0.05) is 35.6 Å². The van der Waals surface area contributed by atoms with Crippen LogP contribution in [-0.2, 0) is 5.66 Å². The number of anilines is 2. The second-order valence-corrected chi connectivity index (χ2v) is 8.62. The largest absolute Gasteiger partial charge is 0.398 e. The van der Waals surface area contributed by atoms with Gasteiger partial charge in [-0.25, -0.2) is 18.2 Å². The first kappa shape index (κ1) is 21.5. The van der Waals surface area contributed by atoms with Crippen molar-refractivity contribution in [1.82, 2.24) is 4.90 Å². The Labute approximate surface area is 183 Å². The van der Waals surface area contributed by atoms with Gasteiger partial charge in [-0.05, 0) is 32.2 Å². The van der Waals surface area contributed by atoms with Gasteiger partial charge in [-0.3, -0.25) is 10.6 Å². The van der Waals surface area contributed by atoms with E-state index in [-0.39, 0.29) is 29.4 Å². The molecule has 5 N–H and O–H groups in total. The predicted molar refractivity (Wildman–Crippen MR) is 117 cm³/mol. The summed E-state index contributed by atoms with van der Waals surface area (Å²) in [6.45, 7) is 1.23. The summed E-state index contributed by atoms with van der Waals surface area (Å²) >= 11 is 5.92. The second kappa shape index (κ2) is 7.16. The summed E-state index contributed by atoms with van der Waals surface area (Å²) in [5.74, 6) is 1.90. The molecule has 2 aliphatic rings. The number of alkyl halides is 2. The van der Waals surface area contributed by atoms with Gasteiger partial charge in [0.05, 0.1) is 17.9 Å². The standard InChI is InChI=1S/C22H21ClF3N5/c1-20(10-31(2)11-21(20,25)26)7-6-13-8-18-15(9-17(13)27)22(28,30-12-29-18)14-4-3-5-16(23)19(14)24/h3-5,8-9,12H,10-11,27-28H2,1-2H3,(H,29,30). The number of hydrogen-bond acceptors (Lipinski definition) is 5. The molecule has 0 radical (unpaired) electrons. The van der Waals surface area contributed by atoms with Crippen LogP contribution in [0.1, 0.15) is 23.6 Å². The van der Waals surface area contributed by atoms with Crippen molar-refractivity contribution >= 4 is 29.3 Å². The maximum atomic E-state index is 14.7. The van der Waals surface area contributed by atoms with Gasteiger partial charge < -0.3 is 11.1 Å². The van der Waals surface area contributed by atoms with E-state index in [4.69, 9.17) is 23.1 Å². The molecule has 0 amide bonds. The summed E-state index contributed by atoms with van der Waals surface area (Å²) in [5.41, 5.74) is 11.2. The fraction of sp³-hybridized carbons (Fsp3) is 0.318. The van der Waals surface area contributed by atoms with Crippen LogP contribution in [0.3, 0.4) is 0 Å². The van der Waals surface area contributed by atoms with Gasteiger partial charge in [0.2, 0.25) is 0 Å². The summed E-state index contributed by atoms with van der Waals surface area (Å²) in [7, 11) is 1.63. The number of aliphatic imine (C=N–C) groups is 1. The highest BCUT2D eigenvalue weighted by Crippen LogP contribution is 2.43. The Bertz CT molecular complexity index is 1160. The Morgan fingerprint density at radius 3 is 2.65 bits per heavy atom. The van der Waals surface area contributed by atoms with E-state index in [1.54, 1.807) is 24.1 Å². The first-order chi connectivity index (χ1) is 14.5. The zero-order valence-corrected chi connectivity index (χ0v) is 17.7. The van der Waals surface area contributed by atoms with Crippen molar-refractivity contribution in [2.24, 2.45) is 16.1 Å². The highest BCUT2D eigenvalue weighted by Gasteiger charge is 2.55. The zero-order valence-electron chi connectivity index (χ0n) is 16.9. The van der Waals surface area contributed by atoms with Gasteiger partial charge >= 0.3 is 0 Å². The molecular formula is C22H21ClF3N5. The van der Waals surface area contributed by atoms with E-state index < -0.39 is 22.8 Å². The lowest BCUT2D eigenvalue weighted by Crippen LogP contribution is -2.40. The molecule has 2 aliphatic heterocycles. The van der Waals surface area contributed by atoms with Crippen LogP contribution >= 0.6 is 11.6 Å². The van der Waals surface area contributed by atoms with E-state index in [1.807, 2.05) is 0 Å². The minimum atomic E-state index is -2.95. The Morgan fingerprint density at radius 1 is 1.23 bits per heavy atom. The van der Waals surface area contributed by atoms with Crippen LogP contribution in [0.25, 0.3) is 0 Å². The molecule has 1 saturated heterocycles. The number of halogens is 4. The van der Waals surface area contributed by atoms with Crippen LogP contribution in [0.5, 0.6) is 0 Å². The van der Waals surface area contributed by atoms with Crippen molar-refractivity contribution in [1.29, 1.82) is 0 Å². The van der Waals surface area contributed by atoms with Gasteiger partial charge in [0.25, 0.3) is 5.92 Å². The van der Waals surface area contributed by atoms with Gasteiger partial charge in [-0.2, -0.15) is 0 Å². The van der Waals surface area contributed by atoms with Gasteiger partial charge in [-0.15, -0.1) is 0 Å². The molecule has 2 heterocycles. The van der Waals surface area contributed by atoms with Crippen LogP contribution < -0.4 is 16.8 Å². The number of nitrogens with one attached hydrogen (secondary N) is 1. The molecule has 0 saturated carbocycles. The minimum absolute atomic E-state index is 0.0798. The highest BCUT2D eigenvalue weighted by molar-refractivity contribution is 6.30. The monoisotopic (exact) mass is 447 g/mol. The number of nitrogen functional groups attached to an aromatic ring is 1. The fourth-order valence-electron chi connectivity index (χ4n) is 4.01. The molecule has 162 valence electrons. The first-order valence-electron chi connectivity index (χ1n) is 9.54. The molecule has 31 heavy (non-hydrogen) atoms. The van der Waals surface area contributed by atoms with Crippen molar-refractivity contribution in [3.63, 3.8) is 0 Å². The summed E-state index contributed by atoms with van der Waals surface area (Å²) in [4.78, 5) is 5.79. The van der Waals surface area contributed by atoms with Crippen LogP contribution in [0.15, 0.2) is 35.3 Å². The predicted octanol–water partition coefficient (Wildman–Crippen LogP) is 3.61. The number of hydrogen-bond donors (Lipinski definition) is 3. The van der Waals surface area contributed by atoms with Crippen LogP contribution in [-0.4, -0.2) is 37.3 Å². The van der Waals surface area contributed by atoms with Crippen molar-refractivity contribution in [3.05, 3.63) is 57.9 Å². The quantitative estimate of drug-likeness (QED) is 0.461. The molecular weight excluding hydrogens is 427 g/mol. The highest BCUT2D eigenvalue weighted by atomic mass is 35.5. The van der Waals surface area contributed by atoms with Gasteiger partial charge in [0.1, 0.15) is 11.2 Å². The molecule has 2 atom stereocenters. The third-order valence-corrected chi connectivity index (χ3v) is 6.08. The van der Waals surface area contributed by atoms with E-state index in [1.165, 1.54) is 31.5 Å². The summed E-state index contributed by atoms with van der Waals surface area (Å²) in [5, 5.41) is 2.86. The van der Waals surface area contributed by atoms with E-state index >= 15 is 0 Å². The van der Waals surface area contributed by atoms with E-state index in [2.05, 4.69) is 22.2 Å². The van der Waals surface area contributed by atoms with E-state index in [0.29, 0.717) is 16.8 Å². The minimum Gasteiger partial charge on any atom is -0.398 e. The van der Waals surface area contributed by atoms with E-state index in [9.17, 15) is 13.2 Å². The van der Waals surface area contributed by atoms with Crippen molar-refractivity contribution in [2.75, 3.05) is 31.2 Å². The number of likely N-dealkylation sites (tertiary alicyclic amines) is 1. The molecule has 9 heteroatoms. The SMILES string of the molecule is CN1CC(F)(F)C(C)(C#Cc2cc3c(cc2N)C(N)(c2cccc(Cl)c2F)N=CN3)C1. The molecule has 0 bridgehead atoms. The van der Waals surface area contributed by atoms with Gasteiger partial charge in [0, 0.05) is 34.6 Å².